The summed E-state index contributed by atoms with van der Waals surface area (Å²) in [5.74, 6) is 0.467. The first kappa shape index (κ1) is 21.3. The van der Waals surface area contributed by atoms with E-state index < -0.39 is 6.10 Å². The lowest BCUT2D eigenvalue weighted by Crippen LogP contribution is -2.56. The van der Waals surface area contributed by atoms with Crippen molar-refractivity contribution in [1.29, 1.82) is 0 Å². The van der Waals surface area contributed by atoms with Gasteiger partial charge in [0.2, 0.25) is 0 Å². The summed E-state index contributed by atoms with van der Waals surface area (Å²) in [6.07, 6.45) is 16.1. The summed E-state index contributed by atoms with van der Waals surface area (Å²) < 4.78 is 0. The van der Waals surface area contributed by atoms with E-state index in [0.29, 0.717) is 18.3 Å². The molecule has 4 nitrogen and oxygen atoms in total. The van der Waals surface area contributed by atoms with Crippen LogP contribution in [0.4, 0.5) is 0 Å². The summed E-state index contributed by atoms with van der Waals surface area (Å²) in [7, 11) is 0. The van der Waals surface area contributed by atoms with Crippen molar-refractivity contribution < 1.29 is 14.7 Å². The maximum absolute atomic E-state index is 12.5. The quantitative estimate of drug-likeness (QED) is 0.548. The zero-order valence-electron chi connectivity index (χ0n) is 16.6. The van der Waals surface area contributed by atoms with Gasteiger partial charge in [-0.15, -0.1) is 24.4 Å². The van der Waals surface area contributed by atoms with Gasteiger partial charge in [0.05, 0.1) is 12.0 Å². The molecular formula is C23H30ClNO3. The van der Waals surface area contributed by atoms with Crippen molar-refractivity contribution in [2.24, 2.45) is 40.2 Å². The Morgan fingerprint density at radius 3 is 2.71 bits per heavy atom. The molecule has 3 fully saturated rings. The number of hydrogen-bond donors (Lipinski definition) is 2. The number of ketones is 2. The molecule has 0 aromatic carbocycles. The van der Waals surface area contributed by atoms with E-state index in [0.717, 1.165) is 24.8 Å². The smallest absolute Gasteiger partial charge is 0.178 e. The fraction of sp³-hybridized carbons (Fsp3) is 0.652. The summed E-state index contributed by atoms with van der Waals surface area (Å²) >= 11 is 5.88. The highest BCUT2D eigenvalue weighted by molar-refractivity contribution is 6.28. The second-order valence-electron chi connectivity index (χ2n) is 9.28. The molecule has 4 aliphatic carbocycles. The third-order valence-corrected chi connectivity index (χ3v) is 8.34. The molecule has 3 saturated carbocycles. The van der Waals surface area contributed by atoms with Gasteiger partial charge >= 0.3 is 0 Å². The first-order chi connectivity index (χ1) is 13.2. The van der Waals surface area contributed by atoms with Crippen molar-refractivity contribution in [3.05, 3.63) is 23.8 Å². The number of carbonyl (C=O) groups is 2. The van der Waals surface area contributed by atoms with E-state index in [4.69, 9.17) is 17.3 Å². The molecule has 0 saturated heterocycles. The van der Waals surface area contributed by atoms with Gasteiger partial charge < -0.3 is 10.8 Å². The molecule has 0 radical (unpaired) electrons. The number of halogens is 1. The Morgan fingerprint density at radius 1 is 1.39 bits per heavy atom. The zero-order valence-corrected chi connectivity index (χ0v) is 17.4. The Bertz CT molecular complexity index is 756. The lowest BCUT2D eigenvalue weighted by molar-refractivity contribution is -0.137. The third-order valence-electron chi connectivity index (χ3n) is 8.07. The molecule has 0 heterocycles. The first-order valence-electron chi connectivity index (χ1n) is 10.0. The van der Waals surface area contributed by atoms with Crippen LogP contribution in [0.5, 0.6) is 0 Å². The summed E-state index contributed by atoms with van der Waals surface area (Å²) in [4.78, 5) is 24.4. The van der Waals surface area contributed by atoms with Crippen LogP contribution in [0.3, 0.4) is 0 Å². The zero-order chi connectivity index (χ0) is 20.9. The highest BCUT2D eigenvalue weighted by Crippen LogP contribution is 2.65. The summed E-state index contributed by atoms with van der Waals surface area (Å²) in [5, 5.41) is 11.2. The van der Waals surface area contributed by atoms with Gasteiger partial charge in [-0.25, -0.2) is 0 Å². The first-order valence-corrected chi connectivity index (χ1v) is 10.6. The number of terminal acetylenes is 1. The van der Waals surface area contributed by atoms with E-state index in [1.807, 2.05) is 6.08 Å². The largest absolute Gasteiger partial charge is 0.393 e. The summed E-state index contributed by atoms with van der Waals surface area (Å²) in [6, 6.07) is -0.185. The van der Waals surface area contributed by atoms with Gasteiger partial charge in [0.25, 0.3) is 0 Å². The van der Waals surface area contributed by atoms with Gasteiger partial charge in [-0.1, -0.05) is 25.5 Å². The second kappa shape index (κ2) is 7.44. The molecule has 4 unspecified atom stereocenters. The average Bonchev–Trinajstić information content (AvgIpc) is 2.93. The lowest BCUT2D eigenvalue weighted by atomic mass is 9.46. The fourth-order valence-electron chi connectivity index (χ4n) is 7.11. The molecule has 0 bridgehead atoms. The SMILES string of the molecule is C#C.C[C@]12C[C@@H](O)C3C(CCC4=CC(=O)C=C[C@@]43C)C1C[C@H](N)C2C(=O)CCl. The number of fused-ring (bicyclic) bond motifs is 5. The summed E-state index contributed by atoms with van der Waals surface area (Å²) in [5.41, 5.74) is 6.99. The Morgan fingerprint density at radius 2 is 2.07 bits per heavy atom. The van der Waals surface area contributed by atoms with Crippen molar-refractivity contribution >= 4 is 23.2 Å². The molecule has 4 rings (SSSR count). The predicted molar refractivity (Wildman–Crippen MR) is 110 cm³/mol. The molecule has 4 aliphatic rings. The van der Waals surface area contributed by atoms with Crippen molar-refractivity contribution in [3.8, 4) is 12.8 Å². The minimum atomic E-state index is -0.510. The van der Waals surface area contributed by atoms with E-state index in [-0.39, 0.29) is 46.2 Å². The van der Waals surface area contributed by atoms with E-state index in [9.17, 15) is 14.7 Å². The number of carbonyl (C=O) groups excluding carboxylic acids is 2. The highest BCUT2D eigenvalue weighted by atomic mass is 35.5. The van der Waals surface area contributed by atoms with E-state index in [1.54, 1.807) is 12.2 Å². The molecule has 0 spiro atoms. The van der Waals surface area contributed by atoms with Crippen LogP contribution in [-0.4, -0.2) is 34.7 Å². The van der Waals surface area contributed by atoms with Crippen LogP contribution in [0, 0.1) is 47.3 Å². The Labute approximate surface area is 172 Å². The Balaban J connectivity index is 0.00000109. The number of rotatable bonds is 2. The molecular weight excluding hydrogens is 374 g/mol. The van der Waals surface area contributed by atoms with Gasteiger partial charge in [-0.05, 0) is 55.1 Å². The lowest BCUT2D eigenvalue weighted by Gasteiger charge is -2.58. The van der Waals surface area contributed by atoms with Crippen LogP contribution in [-0.2, 0) is 9.59 Å². The van der Waals surface area contributed by atoms with Crippen molar-refractivity contribution in [3.63, 3.8) is 0 Å². The Hall–Kier alpha value is -1.41. The molecule has 0 aliphatic heterocycles. The van der Waals surface area contributed by atoms with Crippen molar-refractivity contribution in [1.82, 2.24) is 0 Å². The second-order valence-corrected chi connectivity index (χ2v) is 9.54. The molecule has 28 heavy (non-hydrogen) atoms. The van der Waals surface area contributed by atoms with E-state index in [2.05, 4.69) is 26.7 Å². The number of aliphatic hydroxyl groups excluding tert-OH is 1. The van der Waals surface area contributed by atoms with Crippen LogP contribution in [0.25, 0.3) is 0 Å². The van der Waals surface area contributed by atoms with Gasteiger partial charge in [-0.2, -0.15) is 0 Å². The topological polar surface area (TPSA) is 80.4 Å². The molecule has 0 amide bonds. The number of alkyl halides is 1. The van der Waals surface area contributed by atoms with Gasteiger partial charge in [0, 0.05) is 23.3 Å². The maximum atomic E-state index is 12.5. The van der Waals surface area contributed by atoms with Crippen molar-refractivity contribution in [2.45, 2.75) is 51.7 Å². The molecule has 0 aromatic heterocycles. The monoisotopic (exact) mass is 403 g/mol. The van der Waals surface area contributed by atoms with Crippen molar-refractivity contribution in [2.75, 3.05) is 5.88 Å². The molecule has 152 valence electrons. The number of nitrogens with two attached hydrogens (primary N) is 1. The Kier molecular flexibility index (Phi) is 5.66. The standard InChI is InChI=1S/C21H28ClNO3.C2H2/c1-20-6-5-12(24)7-11(20)3-4-13-14-8-15(23)19(17(26)10-22)21(14,2)9-16(25)18(13)20;1-2/h5-7,13-16,18-19,25H,3-4,8-10,23H2,1-2H3;1-2H/t13?,14?,15-,16+,18?,19?,20-,21-;/m0./s1. The number of Topliss-reactive ketones (excluding diaryl/α,β-unsaturated/α-hetero) is 1. The minimum Gasteiger partial charge on any atom is -0.393 e. The van der Waals surface area contributed by atoms with Crippen LogP contribution < -0.4 is 5.73 Å². The van der Waals surface area contributed by atoms with Crippen LogP contribution >= 0.6 is 11.6 Å². The van der Waals surface area contributed by atoms with E-state index >= 15 is 0 Å². The predicted octanol–water partition coefficient (Wildman–Crippen LogP) is 2.88. The highest BCUT2D eigenvalue weighted by Gasteiger charge is 2.64. The van der Waals surface area contributed by atoms with E-state index in [1.165, 1.54) is 0 Å². The average molecular weight is 404 g/mol. The molecule has 3 N–H and O–H groups in total. The normalized spacial score (nSPS) is 46.4. The van der Waals surface area contributed by atoms with Gasteiger partial charge in [0.1, 0.15) is 0 Å². The van der Waals surface area contributed by atoms with Gasteiger partial charge in [0.15, 0.2) is 11.6 Å². The van der Waals surface area contributed by atoms with Gasteiger partial charge in [-0.3, -0.25) is 9.59 Å². The molecule has 5 heteroatoms. The molecule has 0 aromatic rings. The maximum Gasteiger partial charge on any atom is 0.178 e. The number of aliphatic hydroxyl groups is 1. The minimum absolute atomic E-state index is 0.0136. The molecule has 8 atom stereocenters. The third kappa shape index (κ3) is 2.91. The summed E-state index contributed by atoms with van der Waals surface area (Å²) in [6.45, 7) is 4.29. The number of allylic oxidation sites excluding steroid dienone is 4. The van der Waals surface area contributed by atoms with Crippen LogP contribution in [0.15, 0.2) is 23.8 Å². The fourth-order valence-corrected chi connectivity index (χ4v) is 7.28. The van der Waals surface area contributed by atoms with Crippen LogP contribution in [0.2, 0.25) is 0 Å². The van der Waals surface area contributed by atoms with Crippen LogP contribution in [0.1, 0.15) is 39.5 Å². The number of hydrogen-bond acceptors (Lipinski definition) is 4.